The highest BCUT2D eigenvalue weighted by Gasteiger charge is 2.41. The first-order valence-electron chi connectivity index (χ1n) is 7.51. The van der Waals surface area contributed by atoms with Gasteiger partial charge in [0, 0.05) is 20.3 Å². The van der Waals surface area contributed by atoms with Crippen LogP contribution < -0.4 is 5.32 Å². The number of nitrogens with zero attached hydrogens (tertiary/aromatic N) is 2. The van der Waals surface area contributed by atoms with Crippen LogP contribution in [0.2, 0.25) is 0 Å². The van der Waals surface area contributed by atoms with Crippen molar-refractivity contribution in [1.82, 2.24) is 15.5 Å². The van der Waals surface area contributed by atoms with Crippen LogP contribution in [0.4, 0.5) is 0 Å². The first-order chi connectivity index (χ1) is 9.77. The maximum absolute atomic E-state index is 5.96. The van der Waals surface area contributed by atoms with Gasteiger partial charge in [0.05, 0.1) is 12.1 Å². The quantitative estimate of drug-likeness (QED) is 0.889. The van der Waals surface area contributed by atoms with E-state index in [1.165, 1.54) is 0 Å². The zero-order valence-corrected chi connectivity index (χ0v) is 12.2. The molecule has 1 aromatic heterocycles. The molecule has 20 heavy (non-hydrogen) atoms. The van der Waals surface area contributed by atoms with E-state index in [2.05, 4.69) is 15.5 Å². The van der Waals surface area contributed by atoms with Crippen LogP contribution in [0.25, 0.3) is 0 Å². The lowest BCUT2D eigenvalue weighted by Gasteiger charge is -2.24. The molecule has 2 aliphatic rings. The Labute approximate surface area is 119 Å². The minimum absolute atomic E-state index is 0.0984. The summed E-state index contributed by atoms with van der Waals surface area (Å²) in [6.07, 6.45) is 5.40. The molecule has 2 heterocycles. The van der Waals surface area contributed by atoms with E-state index >= 15 is 0 Å². The van der Waals surface area contributed by atoms with E-state index in [0.717, 1.165) is 44.5 Å². The van der Waals surface area contributed by atoms with Crippen molar-refractivity contribution >= 4 is 0 Å². The Morgan fingerprint density at radius 1 is 1.40 bits per heavy atom. The van der Waals surface area contributed by atoms with Gasteiger partial charge in [0.25, 0.3) is 0 Å². The summed E-state index contributed by atoms with van der Waals surface area (Å²) in [5, 5.41) is 7.55. The lowest BCUT2D eigenvalue weighted by molar-refractivity contribution is -0.0469. The van der Waals surface area contributed by atoms with Gasteiger partial charge in [-0.05, 0) is 39.0 Å². The molecule has 0 amide bonds. The van der Waals surface area contributed by atoms with Crippen molar-refractivity contribution in [3.8, 4) is 0 Å². The van der Waals surface area contributed by atoms with Crippen molar-refractivity contribution in [1.29, 1.82) is 0 Å². The molecule has 2 unspecified atom stereocenters. The highest BCUT2D eigenvalue weighted by atomic mass is 16.5. The fourth-order valence-electron chi connectivity index (χ4n) is 3.29. The summed E-state index contributed by atoms with van der Waals surface area (Å²) in [4.78, 5) is 4.61. The summed E-state index contributed by atoms with van der Waals surface area (Å²) in [6.45, 7) is 3.52. The highest BCUT2D eigenvalue weighted by molar-refractivity contribution is 5.07. The molecular formula is C14H23N3O3. The molecule has 6 heteroatoms. The molecule has 2 fully saturated rings. The van der Waals surface area contributed by atoms with Gasteiger partial charge in [-0.3, -0.25) is 0 Å². The second kappa shape index (κ2) is 5.79. The summed E-state index contributed by atoms with van der Waals surface area (Å²) in [5.74, 6) is 1.38. The fourth-order valence-corrected chi connectivity index (χ4v) is 3.29. The normalized spacial score (nSPS) is 29.1. The molecule has 1 N–H and O–H groups in total. The minimum atomic E-state index is -0.324. The van der Waals surface area contributed by atoms with E-state index in [4.69, 9.17) is 14.0 Å². The molecule has 112 valence electrons. The van der Waals surface area contributed by atoms with Gasteiger partial charge in [0.1, 0.15) is 5.60 Å². The molecule has 1 saturated carbocycles. The molecule has 2 atom stereocenters. The molecule has 1 aliphatic heterocycles. The third-order valence-corrected chi connectivity index (χ3v) is 4.40. The Hall–Kier alpha value is -0.980. The van der Waals surface area contributed by atoms with Gasteiger partial charge in [-0.25, -0.2) is 0 Å². The van der Waals surface area contributed by atoms with Crippen LogP contribution >= 0.6 is 0 Å². The maximum Gasteiger partial charge on any atom is 0.243 e. The molecule has 6 nitrogen and oxygen atoms in total. The van der Waals surface area contributed by atoms with Crippen molar-refractivity contribution in [2.45, 2.75) is 56.8 Å². The number of nitrogens with one attached hydrogen (secondary N) is 1. The van der Waals surface area contributed by atoms with Crippen LogP contribution in [0, 0.1) is 0 Å². The smallest absolute Gasteiger partial charge is 0.243 e. The average Bonchev–Trinajstić information content (AvgIpc) is 3.19. The second-order valence-corrected chi connectivity index (χ2v) is 5.64. The van der Waals surface area contributed by atoms with E-state index in [1.807, 2.05) is 6.92 Å². The number of ether oxygens (including phenoxy) is 2. The molecule has 0 aromatic carbocycles. The molecule has 0 bridgehead atoms. The largest absolute Gasteiger partial charge is 0.380 e. The van der Waals surface area contributed by atoms with Gasteiger partial charge in [0.2, 0.25) is 11.7 Å². The van der Waals surface area contributed by atoms with Crippen molar-refractivity contribution in [2.75, 3.05) is 20.3 Å². The summed E-state index contributed by atoms with van der Waals surface area (Å²) in [7, 11) is 1.73. The molecule has 1 aromatic rings. The third-order valence-electron chi connectivity index (χ3n) is 4.40. The van der Waals surface area contributed by atoms with Gasteiger partial charge < -0.3 is 19.3 Å². The summed E-state index contributed by atoms with van der Waals surface area (Å²) in [5.41, 5.74) is -0.324. The minimum Gasteiger partial charge on any atom is -0.380 e. The van der Waals surface area contributed by atoms with E-state index in [0.29, 0.717) is 12.5 Å². The zero-order valence-electron chi connectivity index (χ0n) is 12.2. The van der Waals surface area contributed by atoms with Gasteiger partial charge in [0.15, 0.2) is 0 Å². The Balaban J connectivity index is 1.76. The van der Waals surface area contributed by atoms with Gasteiger partial charge in [-0.2, -0.15) is 4.98 Å². The summed E-state index contributed by atoms with van der Waals surface area (Å²) >= 11 is 0. The Morgan fingerprint density at radius 3 is 2.85 bits per heavy atom. The molecule has 1 aliphatic carbocycles. The van der Waals surface area contributed by atoms with Crippen LogP contribution in [0.15, 0.2) is 4.52 Å². The van der Waals surface area contributed by atoms with Crippen molar-refractivity contribution in [3.05, 3.63) is 11.7 Å². The maximum atomic E-state index is 5.96. The number of hydrogen-bond acceptors (Lipinski definition) is 6. The van der Waals surface area contributed by atoms with Crippen LogP contribution in [0.3, 0.4) is 0 Å². The predicted molar refractivity (Wildman–Crippen MR) is 72.2 cm³/mol. The van der Waals surface area contributed by atoms with Gasteiger partial charge in [-0.1, -0.05) is 5.16 Å². The highest BCUT2D eigenvalue weighted by Crippen LogP contribution is 2.41. The Kier molecular flexibility index (Phi) is 4.05. The summed E-state index contributed by atoms with van der Waals surface area (Å²) in [6, 6.07) is 0.0984. The molecule has 0 radical (unpaired) electrons. The Bertz CT molecular complexity index is 443. The van der Waals surface area contributed by atoms with E-state index < -0.39 is 0 Å². The standard InChI is InChI=1S/C14H23N3O3/c1-3-19-14(6-4-5-7-14)13-16-12(20-17-13)11-8-10(18-2)9-15-11/h10-11,15H,3-9H2,1-2H3. The monoisotopic (exact) mass is 281 g/mol. The van der Waals surface area contributed by atoms with Crippen molar-refractivity contribution < 1.29 is 14.0 Å². The van der Waals surface area contributed by atoms with Crippen molar-refractivity contribution in [3.63, 3.8) is 0 Å². The molecule has 1 saturated heterocycles. The number of hydrogen-bond donors (Lipinski definition) is 1. The third kappa shape index (κ3) is 2.47. The first-order valence-corrected chi connectivity index (χ1v) is 7.51. The lowest BCUT2D eigenvalue weighted by Crippen LogP contribution is -2.28. The fraction of sp³-hybridized carbons (Fsp3) is 0.857. The summed E-state index contributed by atoms with van der Waals surface area (Å²) < 4.78 is 16.8. The second-order valence-electron chi connectivity index (χ2n) is 5.64. The van der Waals surface area contributed by atoms with E-state index in [-0.39, 0.29) is 17.7 Å². The average molecular weight is 281 g/mol. The molecule has 3 rings (SSSR count). The van der Waals surface area contributed by atoms with E-state index in [1.54, 1.807) is 7.11 Å². The zero-order chi connectivity index (χ0) is 14.0. The Morgan fingerprint density at radius 2 is 2.20 bits per heavy atom. The molecule has 0 spiro atoms. The van der Waals surface area contributed by atoms with Gasteiger partial charge >= 0.3 is 0 Å². The van der Waals surface area contributed by atoms with Crippen LogP contribution in [0.1, 0.15) is 56.8 Å². The van der Waals surface area contributed by atoms with Crippen LogP contribution in [-0.4, -0.2) is 36.5 Å². The lowest BCUT2D eigenvalue weighted by atomic mass is 10.0. The van der Waals surface area contributed by atoms with Crippen LogP contribution in [-0.2, 0) is 15.1 Å². The van der Waals surface area contributed by atoms with Crippen molar-refractivity contribution in [2.24, 2.45) is 0 Å². The number of rotatable bonds is 5. The predicted octanol–water partition coefficient (Wildman–Crippen LogP) is 1.92. The molecular weight excluding hydrogens is 258 g/mol. The SMILES string of the molecule is CCOC1(c2noc(C3CC(OC)CN3)n2)CCCC1. The number of aromatic nitrogens is 2. The van der Waals surface area contributed by atoms with E-state index in [9.17, 15) is 0 Å². The number of methoxy groups -OCH3 is 1. The van der Waals surface area contributed by atoms with Crippen LogP contribution in [0.5, 0.6) is 0 Å². The van der Waals surface area contributed by atoms with Gasteiger partial charge in [-0.15, -0.1) is 0 Å². The topological polar surface area (TPSA) is 69.4 Å². The first kappa shape index (κ1) is 14.0.